The Morgan fingerprint density at radius 3 is 2.83 bits per heavy atom. The van der Waals surface area contributed by atoms with E-state index >= 15 is 0 Å². The van der Waals surface area contributed by atoms with Crippen LogP contribution in [0.2, 0.25) is 4.34 Å². The molecule has 1 aromatic carbocycles. The van der Waals surface area contributed by atoms with Crippen LogP contribution in [0.25, 0.3) is 0 Å². The van der Waals surface area contributed by atoms with Crippen LogP contribution >= 0.6 is 22.9 Å². The highest BCUT2D eigenvalue weighted by atomic mass is 35.5. The minimum atomic E-state index is 0.545. The number of halogens is 1. The van der Waals surface area contributed by atoms with Crippen LogP contribution in [0.1, 0.15) is 21.9 Å². The van der Waals surface area contributed by atoms with E-state index in [1.54, 1.807) is 11.3 Å². The fourth-order valence-electron chi connectivity index (χ4n) is 2.91. The molecule has 0 fully saturated rings. The molecule has 0 aliphatic heterocycles. The molecule has 2 aromatic rings. The second-order valence-electron chi connectivity index (χ2n) is 4.81. The SMILES string of the molecule is CN[C@H]1Cc2ccccc2[C@H]1Cc1ccc(Cl)s1. The lowest BCUT2D eigenvalue weighted by Gasteiger charge is -2.19. The Morgan fingerprint density at radius 2 is 2.11 bits per heavy atom. The zero-order valence-corrected chi connectivity index (χ0v) is 11.9. The molecule has 0 amide bonds. The van der Waals surface area contributed by atoms with Crippen molar-refractivity contribution >= 4 is 22.9 Å². The zero-order chi connectivity index (χ0) is 12.5. The maximum Gasteiger partial charge on any atom is 0.0931 e. The minimum Gasteiger partial charge on any atom is -0.316 e. The normalized spacial score (nSPS) is 22.1. The molecule has 3 heteroatoms. The van der Waals surface area contributed by atoms with Crippen molar-refractivity contribution < 1.29 is 0 Å². The van der Waals surface area contributed by atoms with Gasteiger partial charge in [0.15, 0.2) is 0 Å². The first kappa shape index (κ1) is 12.2. The van der Waals surface area contributed by atoms with Gasteiger partial charge in [-0.05, 0) is 43.1 Å². The van der Waals surface area contributed by atoms with Gasteiger partial charge in [0.2, 0.25) is 0 Å². The molecular weight excluding hydrogens is 262 g/mol. The third-order valence-corrected chi connectivity index (χ3v) is 5.05. The molecule has 0 radical (unpaired) electrons. The summed E-state index contributed by atoms with van der Waals surface area (Å²) < 4.78 is 0.886. The highest BCUT2D eigenvalue weighted by Gasteiger charge is 2.31. The van der Waals surface area contributed by atoms with E-state index in [2.05, 4.69) is 42.7 Å². The van der Waals surface area contributed by atoms with Crippen molar-refractivity contribution in [2.75, 3.05) is 7.05 Å². The van der Waals surface area contributed by atoms with Crippen molar-refractivity contribution in [1.29, 1.82) is 0 Å². The van der Waals surface area contributed by atoms with Crippen molar-refractivity contribution in [2.24, 2.45) is 0 Å². The molecule has 1 aliphatic carbocycles. The average molecular weight is 278 g/mol. The summed E-state index contributed by atoms with van der Waals surface area (Å²) >= 11 is 7.72. The smallest absolute Gasteiger partial charge is 0.0931 e. The van der Waals surface area contributed by atoms with Gasteiger partial charge in [0.25, 0.3) is 0 Å². The number of rotatable bonds is 3. The Labute approximate surface area is 117 Å². The van der Waals surface area contributed by atoms with Crippen molar-refractivity contribution in [3.8, 4) is 0 Å². The Bertz CT molecular complexity index is 549. The van der Waals surface area contributed by atoms with E-state index in [1.807, 2.05) is 6.07 Å². The molecule has 0 unspecified atom stereocenters. The van der Waals surface area contributed by atoms with Crippen LogP contribution in [0.3, 0.4) is 0 Å². The first-order chi connectivity index (χ1) is 8.78. The van der Waals surface area contributed by atoms with Crippen LogP contribution in [0.15, 0.2) is 36.4 Å². The van der Waals surface area contributed by atoms with Crippen LogP contribution in [0.4, 0.5) is 0 Å². The van der Waals surface area contributed by atoms with Gasteiger partial charge in [0.1, 0.15) is 0 Å². The van der Waals surface area contributed by atoms with E-state index in [0.717, 1.165) is 17.2 Å². The van der Waals surface area contributed by atoms with E-state index < -0.39 is 0 Å². The van der Waals surface area contributed by atoms with Gasteiger partial charge in [-0.15, -0.1) is 11.3 Å². The summed E-state index contributed by atoms with van der Waals surface area (Å²) in [5.41, 5.74) is 2.99. The summed E-state index contributed by atoms with van der Waals surface area (Å²) in [6.07, 6.45) is 2.22. The van der Waals surface area contributed by atoms with E-state index in [4.69, 9.17) is 11.6 Å². The number of nitrogens with one attached hydrogen (secondary N) is 1. The van der Waals surface area contributed by atoms with Gasteiger partial charge in [-0.3, -0.25) is 0 Å². The molecule has 1 nitrogen and oxygen atoms in total. The Hall–Kier alpha value is -0.830. The number of fused-ring (bicyclic) bond motifs is 1. The number of likely N-dealkylation sites (N-methyl/N-ethyl adjacent to an activating group) is 1. The lowest BCUT2D eigenvalue weighted by Crippen LogP contribution is -2.30. The summed E-state index contributed by atoms with van der Waals surface area (Å²) in [5, 5.41) is 3.46. The number of thiophene rings is 1. The molecule has 1 aliphatic rings. The lowest BCUT2D eigenvalue weighted by molar-refractivity contribution is 0.494. The topological polar surface area (TPSA) is 12.0 Å². The first-order valence-corrected chi connectivity index (χ1v) is 7.46. The van der Waals surface area contributed by atoms with Gasteiger partial charge in [0.05, 0.1) is 4.34 Å². The zero-order valence-electron chi connectivity index (χ0n) is 10.3. The highest BCUT2D eigenvalue weighted by molar-refractivity contribution is 7.16. The number of hydrogen-bond donors (Lipinski definition) is 1. The van der Waals surface area contributed by atoms with E-state index in [1.165, 1.54) is 16.0 Å². The van der Waals surface area contributed by atoms with Gasteiger partial charge >= 0.3 is 0 Å². The summed E-state index contributed by atoms with van der Waals surface area (Å²) in [5.74, 6) is 0.570. The molecule has 3 rings (SSSR count). The molecule has 1 heterocycles. The quantitative estimate of drug-likeness (QED) is 0.898. The van der Waals surface area contributed by atoms with Gasteiger partial charge in [-0.1, -0.05) is 35.9 Å². The van der Waals surface area contributed by atoms with Gasteiger partial charge < -0.3 is 5.32 Å². The third kappa shape index (κ3) is 2.20. The molecule has 2 atom stereocenters. The molecule has 1 aromatic heterocycles. The maximum absolute atomic E-state index is 6.02. The van der Waals surface area contributed by atoms with Crippen LogP contribution < -0.4 is 5.32 Å². The van der Waals surface area contributed by atoms with Crippen molar-refractivity contribution in [3.05, 3.63) is 56.7 Å². The predicted octanol–water partition coefficient (Wildman–Crippen LogP) is 3.87. The summed E-state index contributed by atoms with van der Waals surface area (Å²) in [6.45, 7) is 0. The Kier molecular flexibility index (Phi) is 3.42. The number of hydrogen-bond acceptors (Lipinski definition) is 2. The van der Waals surface area contributed by atoms with Crippen molar-refractivity contribution in [1.82, 2.24) is 5.32 Å². The fourth-order valence-corrected chi connectivity index (χ4v) is 4.06. The fraction of sp³-hybridized carbons (Fsp3) is 0.333. The largest absolute Gasteiger partial charge is 0.316 e. The second kappa shape index (κ2) is 5.04. The maximum atomic E-state index is 6.02. The van der Waals surface area contributed by atoms with Gasteiger partial charge in [0, 0.05) is 16.8 Å². The monoisotopic (exact) mass is 277 g/mol. The number of benzene rings is 1. The van der Waals surface area contributed by atoms with Crippen molar-refractivity contribution in [2.45, 2.75) is 24.8 Å². The highest BCUT2D eigenvalue weighted by Crippen LogP contribution is 2.37. The van der Waals surface area contributed by atoms with Gasteiger partial charge in [-0.25, -0.2) is 0 Å². The van der Waals surface area contributed by atoms with Crippen LogP contribution in [0.5, 0.6) is 0 Å². The van der Waals surface area contributed by atoms with Crippen molar-refractivity contribution in [3.63, 3.8) is 0 Å². The molecule has 0 saturated heterocycles. The summed E-state index contributed by atoms with van der Waals surface area (Å²) in [6, 6.07) is 13.5. The third-order valence-electron chi connectivity index (χ3n) is 3.80. The summed E-state index contributed by atoms with van der Waals surface area (Å²) in [4.78, 5) is 1.38. The van der Waals surface area contributed by atoms with Crippen LogP contribution in [-0.2, 0) is 12.8 Å². The van der Waals surface area contributed by atoms with E-state index in [-0.39, 0.29) is 0 Å². The molecule has 0 bridgehead atoms. The van der Waals surface area contributed by atoms with Crippen LogP contribution in [0, 0.1) is 0 Å². The average Bonchev–Trinajstić information content (AvgIpc) is 2.94. The molecule has 1 N–H and O–H groups in total. The standard InChI is InChI=1S/C15H16ClNS/c1-17-14-8-10-4-2-3-5-12(10)13(14)9-11-6-7-15(16)18-11/h2-7,13-14,17H,8-9H2,1H3/t13-,14+/m1/s1. The Morgan fingerprint density at radius 1 is 1.28 bits per heavy atom. The van der Waals surface area contributed by atoms with Crippen LogP contribution in [-0.4, -0.2) is 13.1 Å². The van der Waals surface area contributed by atoms with E-state index in [0.29, 0.717) is 12.0 Å². The molecule has 0 spiro atoms. The minimum absolute atomic E-state index is 0.545. The second-order valence-corrected chi connectivity index (χ2v) is 6.61. The molecular formula is C15H16ClNS. The summed E-state index contributed by atoms with van der Waals surface area (Å²) in [7, 11) is 2.06. The van der Waals surface area contributed by atoms with Gasteiger partial charge in [-0.2, -0.15) is 0 Å². The predicted molar refractivity (Wildman–Crippen MR) is 78.8 cm³/mol. The molecule has 18 heavy (non-hydrogen) atoms. The lowest BCUT2D eigenvalue weighted by atomic mass is 9.94. The molecule has 94 valence electrons. The van der Waals surface area contributed by atoms with E-state index in [9.17, 15) is 0 Å². The molecule has 0 saturated carbocycles. The first-order valence-electron chi connectivity index (χ1n) is 6.27. The Balaban J connectivity index is 1.89.